The lowest BCUT2D eigenvalue weighted by Crippen LogP contribution is -2.44. The molecule has 3 heterocycles. The summed E-state index contributed by atoms with van der Waals surface area (Å²) in [5, 5.41) is 60.9. The van der Waals surface area contributed by atoms with Crippen molar-refractivity contribution in [2.45, 2.75) is 83.1 Å². The Morgan fingerprint density at radius 1 is 0.425 bits per heavy atom. The molecule has 25 heteroatoms. The van der Waals surface area contributed by atoms with E-state index in [4.69, 9.17) is 19.9 Å². The van der Waals surface area contributed by atoms with Crippen LogP contribution in [0.5, 0.6) is 0 Å². The van der Waals surface area contributed by atoms with Crippen LogP contribution in [-0.2, 0) is 62.8 Å². The second-order valence-electron chi connectivity index (χ2n) is 18.3. The average molecular weight is 1110 g/mol. The lowest BCUT2D eigenvalue weighted by Gasteiger charge is -2.33. The normalized spacial score (nSPS) is 14.9. The van der Waals surface area contributed by atoms with Gasteiger partial charge in [-0.15, -0.1) is 0 Å². The van der Waals surface area contributed by atoms with Gasteiger partial charge in [-0.25, -0.2) is 29.4 Å². The van der Waals surface area contributed by atoms with E-state index >= 15 is 0 Å². The average Bonchev–Trinajstić information content (AvgIpc) is 3.49. The van der Waals surface area contributed by atoms with Crippen molar-refractivity contribution in [1.82, 2.24) is 14.7 Å². The van der Waals surface area contributed by atoms with Crippen LogP contribution in [0.4, 0.5) is 14.4 Å². The molecule has 0 bridgehead atoms. The first-order valence-corrected chi connectivity index (χ1v) is 25.3. The Kier molecular flexibility index (Phi) is 21.5. The Hall–Kier alpha value is -9.04. The Balaban J connectivity index is 1.33. The van der Waals surface area contributed by atoms with Crippen LogP contribution in [0.1, 0.15) is 74.5 Å². The highest BCUT2D eigenvalue weighted by molar-refractivity contribution is 6.70. The van der Waals surface area contributed by atoms with Crippen LogP contribution in [0, 0.1) is 0 Å². The van der Waals surface area contributed by atoms with Gasteiger partial charge in [0, 0.05) is 64.3 Å². The number of aliphatic hydroxyl groups excluding tert-OH is 3. The molecule has 3 aliphatic rings. The number of hydrogen-bond acceptors (Lipinski definition) is 19. The summed E-state index contributed by atoms with van der Waals surface area (Å²) < 4.78 is 17.3. The van der Waals surface area contributed by atoms with E-state index in [0.717, 1.165) is 0 Å². The van der Waals surface area contributed by atoms with Gasteiger partial charge >= 0.3 is 18.3 Å². The third-order valence-corrected chi connectivity index (χ3v) is 12.7. The number of nitrogens with zero attached hydrogens (tertiary/aromatic N) is 6. The van der Waals surface area contributed by atoms with Gasteiger partial charge in [0.05, 0.1) is 17.1 Å². The van der Waals surface area contributed by atoms with Gasteiger partial charge < -0.3 is 50.6 Å². The second kappa shape index (κ2) is 28.5. The van der Waals surface area contributed by atoms with Crippen LogP contribution in [0.3, 0.4) is 0 Å². The van der Waals surface area contributed by atoms with Gasteiger partial charge in [-0.1, -0.05) is 91.0 Å². The highest BCUT2D eigenvalue weighted by atomic mass is 16.5. The van der Waals surface area contributed by atoms with E-state index in [1.165, 1.54) is 0 Å². The Bertz CT molecular complexity index is 2720. The number of benzene rings is 3. The zero-order valence-corrected chi connectivity index (χ0v) is 43.2. The number of Topliss-reactive ketones (excluding diaryl/α,β-unsaturated/α-hetero) is 6. The summed E-state index contributed by atoms with van der Waals surface area (Å²) >= 11 is 0. The van der Waals surface area contributed by atoms with E-state index in [0.29, 0.717) is 31.4 Å². The van der Waals surface area contributed by atoms with Crippen LogP contribution in [0.2, 0.25) is 0 Å². The molecule has 6 rings (SSSR count). The summed E-state index contributed by atoms with van der Waals surface area (Å²) in [5.41, 5.74) is 6.10. The maximum absolute atomic E-state index is 13.5. The number of allylic oxidation sites excluding steroid dienone is 3. The van der Waals surface area contributed by atoms with Gasteiger partial charge in [0.25, 0.3) is 34.7 Å². The minimum Gasteiger partial charge on any atom is -0.481 e. The van der Waals surface area contributed by atoms with Crippen LogP contribution in [-0.4, -0.2) is 160 Å². The number of carbonyl (C=O) groups excluding carboxylic acids is 6. The van der Waals surface area contributed by atoms with Gasteiger partial charge in [-0.05, 0) is 55.2 Å². The zero-order valence-electron chi connectivity index (χ0n) is 43.2. The topological polar surface area (TPSA) is 376 Å². The highest BCUT2D eigenvalue weighted by Gasteiger charge is 2.41. The molecule has 0 spiro atoms. The largest absolute Gasteiger partial charge is 0.481 e. The maximum atomic E-state index is 13.5. The molecule has 0 aromatic heterocycles. The molecule has 0 fully saturated rings. The number of aliphatic hydroxyl groups is 3. The first-order chi connectivity index (χ1) is 38.4. The minimum atomic E-state index is -1.63. The summed E-state index contributed by atoms with van der Waals surface area (Å²) in [4.78, 5) is 134. The van der Waals surface area contributed by atoms with Crippen molar-refractivity contribution in [3.8, 4) is 0 Å². The van der Waals surface area contributed by atoms with Crippen molar-refractivity contribution in [3.63, 3.8) is 0 Å². The van der Waals surface area contributed by atoms with E-state index < -0.39 is 169 Å². The van der Waals surface area contributed by atoms with Crippen LogP contribution in [0.15, 0.2) is 141 Å². The van der Waals surface area contributed by atoms with Crippen LogP contribution >= 0.6 is 0 Å². The zero-order chi connectivity index (χ0) is 57.9. The predicted octanol–water partition coefficient (Wildman–Crippen LogP) is 4.05. The molecule has 3 amide bonds. The Morgan fingerprint density at radius 2 is 0.675 bits per heavy atom. The van der Waals surface area contributed by atoms with Gasteiger partial charge in [0.1, 0.15) is 19.8 Å². The van der Waals surface area contributed by atoms with E-state index in [2.05, 4.69) is 15.0 Å². The SMILES string of the molecule is NC(CCCN(C(=O)O)C1=C(OCc2ccccc2)C(=O)C(=O)C(CCO)=N1)(CCCN(C(=O)O)C1=C(OCc2ccccc2)C(=O)C(=O)C(CCO)=N1)CCCN(C(=O)O)C1=C(OCc2ccccc2)C(=O)C(=O)C(CCO)=N1. The molecular weight excluding hydrogens is 1050 g/mol. The molecule has 3 aromatic carbocycles. The van der Waals surface area contributed by atoms with Gasteiger partial charge in [0.2, 0.25) is 17.3 Å². The lowest BCUT2D eigenvalue weighted by molar-refractivity contribution is -0.133. The first-order valence-electron chi connectivity index (χ1n) is 25.3. The summed E-state index contributed by atoms with van der Waals surface area (Å²) in [6, 6.07) is 25.3. The second-order valence-corrected chi connectivity index (χ2v) is 18.3. The van der Waals surface area contributed by atoms with Gasteiger partial charge in [0.15, 0.2) is 17.5 Å². The van der Waals surface area contributed by atoms with Crippen molar-refractivity contribution < 1.29 is 88.0 Å². The first kappa shape index (κ1) is 60.2. The smallest absolute Gasteiger partial charge is 0.413 e. The summed E-state index contributed by atoms with van der Waals surface area (Å²) in [6.45, 7) is -4.00. The quantitative estimate of drug-likeness (QED) is 0.0463. The molecule has 3 aromatic rings. The Labute approximate surface area is 457 Å². The Morgan fingerprint density at radius 3 is 0.900 bits per heavy atom. The number of carbonyl (C=O) groups is 9. The fourth-order valence-corrected chi connectivity index (χ4v) is 8.67. The van der Waals surface area contributed by atoms with Gasteiger partial charge in [-0.3, -0.25) is 43.5 Å². The van der Waals surface area contributed by atoms with E-state index in [1.54, 1.807) is 91.0 Å². The standard InChI is InChI=1S/C55H59N7O18/c56-55(22-10-25-60(52(72)73)49-46(78-31-34-13-4-1-5-14-34)43(69)40(66)37(57-49)19-28-63,23-11-26-61(53(74)75)50-47(79-32-35-15-6-2-7-16-35)44(70)41(67)38(58-50)20-29-64)24-12-27-62(54(76)77)51-48(80-33-36-17-8-3-9-18-36)45(71)42(68)39(59-51)21-30-65/h1-9,13-18,63-65H,10-12,19-33,56H2,(H,72,73)(H,74,75)(H,76,77). The van der Waals surface area contributed by atoms with Crippen LogP contribution in [0.25, 0.3) is 0 Å². The molecule has 422 valence electrons. The number of rotatable bonds is 30. The third-order valence-electron chi connectivity index (χ3n) is 12.7. The van der Waals surface area contributed by atoms with Crippen molar-refractivity contribution in [3.05, 3.63) is 142 Å². The minimum absolute atomic E-state index is 0.121. The summed E-state index contributed by atoms with van der Waals surface area (Å²) in [6.07, 6.45) is -6.87. The number of ketones is 6. The number of amides is 3. The fourth-order valence-electron chi connectivity index (χ4n) is 8.67. The number of ether oxygens (including phenoxy) is 3. The molecule has 0 saturated heterocycles. The molecular formula is C55H59N7O18. The molecule has 0 saturated carbocycles. The molecule has 0 radical (unpaired) electrons. The summed E-state index contributed by atoms with van der Waals surface area (Å²) in [7, 11) is 0. The van der Waals surface area contributed by atoms with E-state index in [-0.39, 0.29) is 58.3 Å². The number of nitrogens with two attached hydrogens (primary N) is 1. The highest BCUT2D eigenvalue weighted by Crippen LogP contribution is 2.30. The molecule has 25 nitrogen and oxygen atoms in total. The van der Waals surface area contributed by atoms with E-state index in [9.17, 15) is 73.8 Å². The molecule has 80 heavy (non-hydrogen) atoms. The molecule has 8 N–H and O–H groups in total. The predicted molar refractivity (Wildman–Crippen MR) is 281 cm³/mol. The van der Waals surface area contributed by atoms with Crippen molar-refractivity contribution >= 4 is 70.1 Å². The molecule has 0 unspecified atom stereocenters. The third kappa shape index (κ3) is 15.4. The summed E-state index contributed by atoms with van der Waals surface area (Å²) in [5.74, 6) is -10.6. The van der Waals surface area contributed by atoms with Crippen molar-refractivity contribution in [1.29, 1.82) is 0 Å². The number of hydrogen-bond donors (Lipinski definition) is 7. The molecule has 0 atom stereocenters. The van der Waals surface area contributed by atoms with Crippen molar-refractivity contribution in [2.75, 3.05) is 39.5 Å². The maximum Gasteiger partial charge on any atom is 0.413 e. The fraction of sp³-hybridized carbons (Fsp3) is 0.345. The van der Waals surface area contributed by atoms with Crippen LogP contribution < -0.4 is 5.73 Å². The van der Waals surface area contributed by atoms with E-state index in [1.807, 2.05) is 0 Å². The van der Waals surface area contributed by atoms with Gasteiger partial charge in [-0.2, -0.15) is 0 Å². The number of aliphatic imine (C=N–C) groups is 3. The number of carboxylic acid groups (broad SMARTS) is 3. The monoisotopic (exact) mass is 1110 g/mol. The molecule has 3 aliphatic heterocycles. The molecule has 0 aliphatic carbocycles. The van der Waals surface area contributed by atoms with Crippen molar-refractivity contribution in [2.24, 2.45) is 20.7 Å². The lowest BCUT2D eigenvalue weighted by atomic mass is 9.84.